The number of nitrogens with one attached hydrogen (secondary N) is 2. The van der Waals surface area contributed by atoms with E-state index in [9.17, 15) is 18.0 Å². The zero-order valence-electron chi connectivity index (χ0n) is 11.7. The van der Waals surface area contributed by atoms with Gasteiger partial charge in [-0.2, -0.15) is 13.2 Å². The summed E-state index contributed by atoms with van der Waals surface area (Å²) < 4.78 is 37.6. The number of nitrogens with two attached hydrogens (primary N) is 1. The van der Waals surface area contributed by atoms with Gasteiger partial charge in [-0.05, 0) is 24.3 Å². The molecule has 0 saturated heterocycles. The Kier molecular flexibility index (Phi) is 6.99. The van der Waals surface area contributed by atoms with Crippen molar-refractivity contribution in [3.63, 3.8) is 0 Å². The van der Waals surface area contributed by atoms with E-state index in [4.69, 9.17) is 5.73 Å². The zero-order chi connectivity index (χ0) is 16.4. The maximum atomic E-state index is 12.5. The number of hydrogen-bond donors (Lipinski definition) is 3. The van der Waals surface area contributed by atoms with Gasteiger partial charge in [0.15, 0.2) is 0 Å². The van der Waals surface area contributed by atoms with Gasteiger partial charge in [0, 0.05) is 25.2 Å². The highest BCUT2D eigenvalue weighted by Gasteiger charge is 2.30. The Labute approximate surface area is 126 Å². The number of carbonyl (C=O) groups excluding carboxylic acids is 1. The van der Waals surface area contributed by atoms with Crippen LogP contribution in [-0.2, 0) is 6.18 Å². The predicted octanol–water partition coefficient (Wildman–Crippen LogP) is 2.74. The van der Waals surface area contributed by atoms with E-state index in [2.05, 4.69) is 22.5 Å². The molecule has 0 aliphatic heterocycles. The molecule has 0 unspecified atom stereocenters. The Hall–Kier alpha value is -2.46. The van der Waals surface area contributed by atoms with Gasteiger partial charge in [-0.1, -0.05) is 24.0 Å². The molecule has 1 aromatic carbocycles. The lowest BCUT2D eigenvalue weighted by atomic mass is 10.2. The van der Waals surface area contributed by atoms with Crippen LogP contribution in [0, 0.1) is 11.8 Å². The van der Waals surface area contributed by atoms with E-state index < -0.39 is 17.8 Å². The first-order valence-electron chi connectivity index (χ1n) is 6.49. The second kappa shape index (κ2) is 8.74. The van der Waals surface area contributed by atoms with Gasteiger partial charge in [-0.3, -0.25) is 0 Å². The predicted molar refractivity (Wildman–Crippen MR) is 79.1 cm³/mol. The molecule has 4 nitrogen and oxygen atoms in total. The van der Waals surface area contributed by atoms with Gasteiger partial charge in [-0.25, -0.2) is 4.79 Å². The second-order valence-electron chi connectivity index (χ2n) is 4.17. The van der Waals surface area contributed by atoms with Crippen LogP contribution in [0.3, 0.4) is 0 Å². The first kappa shape index (κ1) is 17.6. The summed E-state index contributed by atoms with van der Waals surface area (Å²) in [4.78, 5) is 11.5. The van der Waals surface area contributed by atoms with E-state index in [0.717, 1.165) is 12.1 Å². The number of amides is 2. The number of rotatable bonds is 4. The van der Waals surface area contributed by atoms with Crippen molar-refractivity contribution < 1.29 is 18.0 Å². The van der Waals surface area contributed by atoms with Gasteiger partial charge >= 0.3 is 12.2 Å². The Morgan fingerprint density at radius 3 is 2.82 bits per heavy atom. The third kappa shape index (κ3) is 6.81. The van der Waals surface area contributed by atoms with Crippen LogP contribution in [0.25, 0.3) is 0 Å². The van der Waals surface area contributed by atoms with Crippen LogP contribution < -0.4 is 16.4 Å². The molecule has 7 heteroatoms. The van der Waals surface area contributed by atoms with Crippen molar-refractivity contribution in [3.05, 3.63) is 42.0 Å². The molecule has 0 aliphatic rings. The summed E-state index contributed by atoms with van der Waals surface area (Å²) >= 11 is 0. The standard InChI is InChI=1S/C15H16F3N3O/c16-15(17,18)12-7-6-8-13(11-12)21-14(22)20-10-5-3-1-2-4-9-19/h2,4,6-8,11H,5,9-10,19H2,(H2,20,21,22)/b4-2+. The van der Waals surface area contributed by atoms with Crippen molar-refractivity contribution in [1.82, 2.24) is 5.32 Å². The largest absolute Gasteiger partial charge is 0.416 e. The van der Waals surface area contributed by atoms with E-state index in [1.807, 2.05) is 0 Å². The number of urea groups is 1. The smallest absolute Gasteiger partial charge is 0.337 e. The zero-order valence-corrected chi connectivity index (χ0v) is 11.7. The highest BCUT2D eigenvalue weighted by Crippen LogP contribution is 2.30. The highest BCUT2D eigenvalue weighted by atomic mass is 19.4. The summed E-state index contributed by atoms with van der Waals surface area (Å²) in [5, 5.41) is 4.83. The minimum Gasteiger partial charge on any atom is -0.337 e. The second-order valence-corrected chi connectivity index (χ2v) is 4.17. The van der Waals surface area contributed by atoms with Crippen LogP contribution >= 0.6 is 0 Å². The number of halogens is 3. The molecular formula is C15H16F3N3O. The van der Waals surface area contributed by atoms with E-state index in [1.54, 1.807) is 12.2 Å². The minimum atomic E-state index is -4.44. The topological polar surface area (TPSA) is 67.1 Å². The van der Waals surface area contributed by atoms with Gasteiger partial charge in [0.2, 0.25) is 0 Å². The quantitative estimate of drug-likeness (QED) is 0.591. The van der Waals surface area contributed by atoms with E-state index in [-0.39, 0.29) is 12.2 Å². The van der Waals surface area contributed by atoms with Gasteiger partial charge in [0.1, 0.15) is 0 Å². The van der Waals surface area contributed by atoms with Gasteiger partial charge in [0.25, 0.3) is 0 Å². The summed E-state index contributed by atoms with van der Waals surface area (Å²) in [6.45, 7) is 0.695. The Morgan fingerprint density at radius 1 is 1.36 bits per heavy atom. The summed E-state index contributed by atoms with van der Waals surface area (Å²) in [6, 6.07) is 3.84. The fourth-order valence-corrected chi connectivity index (χ4v) is 1.45. The molecule has 0 radical (unpaired) electrons. The lowest BCUT2D eigenvalue weighted by molar-refractivity contribution is -0.137. The van der Waals surface area contributed by atoms with Crippen molar-refractivity contribution >= 4 is 11.7 Å². The van der Waals surface area contributed by atoms with Crippen LogP contribution in [0.15, 0.2) is 36.4 Å². The summed E-state index contributed by atoms with van der Waals surface area (Å²) in [7, 11) is 0. The van der Waals surface area contributed by atoms with Crippen LogP contribution in [0.5, 0.6) is 0 Å². The van der Waals surface area contributed by atoms with E-state index >= 15 is 0 Å². The number of anilines is 1. The van der Waals surface area contributed by atoms with Gasteiger partial charge < -0.3 is 16.4 Å². The van der Waals surface area contributed by atoms with Crippen molar-refractivity contribution in [2.24, 2.45) is 5.73 Å². The van der Waals surface area contributed by atoms with Gasteiger partial charge in [-0.15, -0.1) is 0 Å². The molecule has 0 heterocycles. The third-order valence-electron chi connectivity index (χ3n) is 2.42. The molecule has 22 heavy (non-hydrogen) atoms. The highest BCUT2D eigenvalue weighted by molar-refractivity contribution is 5.89. The summed E-state index contributed by atoms with van der Waals surface area (Å²) in [5.74, 6) is 5.51. The molecule has 0 saturated carbocycles. The SMILES string of the molecule is NC/C=C/C#CCCNC(=O)Nc1cccc(C(F)(F)F)c1. The van der Waals surface area contributed by atoms with Crippen LogP contribution in [-0.4, -0.2) is 19.1 Å². The van der Waals surface area contributed by atoms with E-state index in [1.165, 1.54) is 12.1 Å². The Morgan fingerprint density at radius 2 is 2.14 bits per heavy atom. The molecule has 1 rings (SSSR count). The van der Waals surface area contributed by atoms with Crippen LogP contribution in [0.2, 0.25) is 0 Å². The summed E-state index contributed by atoms with van der Waals surface area (Å²) in [6.07, 6.45) is -0.713. The molecular weight excluding hydrogens is 295 g/mol. The molecule has 2 amide bonds. The molecule has 0 atom stereocenters. The van der Waals surface area contributed by atoms with Crippen molar-refractivity contribution in [2.75, 3.05) is 18.4 Å². The average molecular weight is 311 g/mol. The van der Waals surface area contributed by atoms with Crippen LogP contribution in [0.4, 0.5) is 23.7 Å². The molecule has 0 fully saturated rings. The Balaban J connectivity index is 2.42. The minimum absolute atomic E-state index is 0.0734. The summed E-state index contributed by atoms with van der Waals surface area (Å²) in [5.41, 5.74) is 4.49. The molecule has 118 valence electrons. The van der Waals surface area contributed by atoms with Crippen molar-refractivity contribution in [3.8, 4) is 11.8 Å². The number of carbonyl (C=O) groups is 1. The fraction of sp³-hybridized carbons (Fsp3) is 0.267. The van der Waals surface area contributed by atoms with Crippen LogP contribution in [0.1, 0.15) is 12.0 Å². The molecule has 4 N–H and O–H groups in total. The average Bonchev–Trinajstić information content (AvgIpc) is 2.46. The lowest BCUT2D eigenvalue weighted by Gasteiger charge is -2.10. The molecule has 0 spiro atoms. The normalized spacial score (nSPS) is 10.9. The first-order chi connectivity index (χ1) is 10.4. The number of benzene rings is 1. The molecule has 0 aliphatic carbocycles. The molecule has 0 aromatic heterocycles. The fourth-order valence-electron chi connectivity index (χ4n) is 1.45. The first-order valence-corrected chi connectivity index (χ1v) is 6.49. The van der Waals surface area contributed by atoms with Crippen molar-refractivity contribution in [1.29, 1.82) is 0 Å². The Bertz CT molecular complexity index is 586. The lowest BCUT2D eigenvalue weighted by Crippen LogP contribution is -2.29. The maximum absolute atomic E-state index is 12.5. The number of hydrogen-bond acceptors (Lipinski definition) is 2. The number of alkyl halides is 3. The number of allylic oxidation sites excluding steroid dienone is 1. The maximum Gasteiger partial charge on any atom is 0.416 e. The molecule has 0 bridgehead atoms. The molecule has 1 aromatic rings. The van der Waals surface area contributed by atoms with Gasteiger partial charge in [0.05, 0.1) is 5.56 Å². The van der Waals surface area contributed by atoms with E-state index in [0.29, 0.717) is 13.0 Å². The van der Waals surface area contributed by atoms with Crippen molar-refractivity contribution in [2.45, 2.75) is 12.6 Å². The third-order valence-corrected chi connectivity index (χ3v) is 2.42. The monoisotopic (exact) mass is 311 g/mol.